The summed E-state index contributed by atoms with van der Waals surface area (Å²) in [5, 5.41) is 1.17. The van der Waals surface area contributed by atoms with Crippen LogP contribution in [0.2, 0.25) is 0 Å². The molecule has 4 rings (SSSR count). The molecule has 1 fully saturated rings. The first-order valence-electron chi connectivity index (χ1n) is 6.43. The van der Waals surface area contributed by atoms with Gasteiger partial charge in [-0.05, 0) is 25.3 Å². The molecule has 0 saturated heterocycles. The van der Waals surface area contributed by atoms with Crippen LogP contribution < -0.4 is 9.64 Å². The number of aromatic nitrogens is 1. The maximum atomic E-state index is 5.60. The van der Waals surface area contributed by atoms with E-state index in [1.807, 2.05) is 18.3 Å². The van der Waals surface area contributed by atoms with E-state index in [4.69, 9.17) is 4.74 Å². The van der Waals surface area contributed by atoms with Crippen molar-refractivity contribution in [2.24, 2.45) is 0 Å². The monoisotopic (exact) mass is 238 g/mol. The zero-order valence-corrected chi connectivity index (χ0v) is 10.0. The lowest BCUT2D eigenvalue weighted by Crippen LogP contribution is -2.37. The minimum Gasteiger partial charge on any atom is -0.460 e. The Morgan fingerprint density at radius 2 is 2.11 bits per heavy atom. The Balaban J connectivity index is 1.95. The van der Waals surface area contributed by atoms with Crippen molar-refractivity contribution in [1.29, 1.82) is 0 Å². The highest BCUT2D eigenvalue weighted by atomic mass is 16.5. The number of nitrogens with zero attached hydrogens (tertiary/aromatic N) is 2. The maximum Gasteiger partial charge on any atom is 0.169 e. The Morgan fingerprint density at radius 3 is 2.94 bits per heavy atom. The van der Waals surface area contributed by atoms with E-state index in [0.29, 0.717) is 6.04 Å². The molecule has 1 saturated carbocycles. The number of pyridine rings is 1. The van der Waals surface area contributed by atoms with E-state index in [9.17, 15) is 0 Å². The van der Waals surface area contributed by atoms with Gasteiger partial charge in [0.05, 0.1) is 17.4 Å². The van der Waals surface area contributed by atoms with Crippen LogP contribution in [0.1, 0.15) is 19.3 Å². The molecule has 0 amide bonds. The number of hydrogen-bond donors (Lipinski definition) is 0. The van der Waals surface area contributed by atoms with Crippen LogP contribution in [-0.2, 0) is 0 Å². The second kappa shape index (κ2) is 3.73. The Morgan fingerprint density at radius 1 is 1.22 bits per heavy atom. The van der Waals surface area contributed by atoms with Crippen molar-refractivity contribution in [3.8, 4) is 5.75 Å². The fourth-order valence-corrected chi connectivity index (χ4v) is 2.67. The highest BCUT2D eigenvalue weighted by Gasteiger charge is 2.29. The maximum absolute atomic E-state index is 5.60. The molecule has 1 aliphatic carbocycles. The first-order chi connectivity index (χ1) is 8.93. The van der Waals surface area contributed by atoms with Gasteiger partial charge in [0, 0.05) is 17.6 Å². The van der Waals surface area contributed by atoms with Gasteiger partial charge in [-0.15, -0.1) is 0 Å². The number of para-hydroxylation sites is 1. The summed E-state index contributed by atoms with van der Waals surface area (Å²) in [4.78, 5) is 6.80. The van der Waals surface area contributed by atoms with Gasteiger partial charge in [0.25, 0.3) is 0 Å². The molecule has 0 unspecified atom stereocenters. The number of hydrogen-bond acceptors (Lipinski definition) is 3. The summed E-state index contributed by atoms with van der Waals surface area (Å²) in [7, 11) is 0. The van der Waals surface area contributed by atoms with Crippen molar-refractivity contribution in [3.63, 3.8) is 0 Å². The molecule has 2 heterocycles. The highest BCUT2D eigenvalue weighted by molar-refractivity contribution is 5.95. The standard InChI is InChI=1S/C15H14N2O/c1-2-7-13-12(6-1)15-14(10-16-13)18-9-8-17(15)11-4-3-5-11/h1-2,6-11H,3-5H2. The first-order valence-corrected chi connectivity index (χ1v) is 6.43. The summed E-state index contributed by atoms with van der Waals surface area (Å²) >= 11 is 0. The van der Waals surface area contributed by atoms with Gasteiger partial charge < -0.3 is 9.64 Å². The molecule has 1 aliphatic heterocycles. The number of rotatable bonds is 1. The van der Waals surface area contributed by atoms with E-state index in [1.165, 1.54) is 30.3 Å². The summed E-state index contributed by atoms with van der Waals surface area (Å²) in [6, 6.07) is 8.87. The lowest BCUT2D eigenvalue weighted by Gasteiger charge is -2.39. The summed E-state index contributed by atoms with van der Waals surface area (Å²) in [6.45, 7) is 0. The third kappa shape index (κ3) is 1.33. The van der Waals surface area contributed by atoms with Crippen molar-refractivity contribution >= 4 is 16.6 Å². The second-order valence-corrected chi connectivity index (χ2v) is 4.88. The molecule has 3 nitrogen and oxygen atoms in total. The fourth-order valence-electron chi connectivity index (χ4n) is 2.67. The van der Waals surface area contributed by atoms with E-state index >= 15 is 0 Å². The van der Waals surface area contributed by atoms with Crippen LogP contribution in [0.5, 0.6) is 5.75 Å². The molecule has 90 valence electrons. The fraction of sp³-hybridized carbons (Fsp3) is 0.267. The zero-order valence-electron chi connectivity index (χ0n) is 10.0. The van der Waals surface area contributed by atoms with Crippen LogP contribution in [0.15, 0.2) is 42.9 Å². The Bertz CT molecular complexity index is 631. The Hall–Kier alpha value is -2.03. The van der Waals surface area contributed by atoms with E-state index in [-0.39, 0.29) is 0 Å². The molecule has 0 spiro atoms. The molecule has 0 atom stereocenters. The molecule has 0 N–H and O–H groups in total. The van der Waals surface area contributed by atoms with Crippen LogP contribution in [0.4, 0.5) is 5.69 Å². The summed E-state index contributed by atoms with van der Waals surface area (Å²) in [5.41, 5.74) is 2.20. The molecule has 1 aromatic carbocycles. The highest BCUT2D eigenvalue weighted by Crippen LogP contribution is 2.41. The summed E-state index contributed by atoms with van der Waals surface area (Å²) in [5.74, 6) is 0.864. The molecule has 1 aromatic heterocycles. The van der Waals surface area contributed by atoms with Gasteiger partial charge in [0.15, 0.2) is 5.75 Å². The molecule has 2 aromatic rings. The average Bonchev–Trinajstić information content (AvgIpc) is 2.37. The lowest BCUT2D eigenvalue weighted by molar-refractivity contribution is 0.391. The molecule has 18 heavy (non-hydrogen) atoms. The normalized spacial score (nSPS) is 18.3. The average molecular weight is 238 g/mol. The van der Waals surface area contributed by atoms with E-state index in [2.05, 4.69) is 28.2 Å². The predicted molar refractivity (Wildman–Crippen MR) is 71.6 cm³/mol. The number of fused-ring (bicyclic) bond motifs is 3. The summed E-state index contributed by atoms with van der Waals surface area (Å²) in [6.07, 6.45) is 9.50. The topological polar surface area (TPSA) is 25.4 Å². The van der Waals surface area contributed by atoms with Crippen LogP contribution in [-0.4, -0.2) is 11.0 Å². The Kier molecular flexibility index (Phi) is 2.06. The largest absolute Gasteiger partial charge is 0.460 e. The molecular weight excluding hydrogens is 224 g/mol. The van der Waals surface area contributed by atoms with E-state index in [1.54, 1.807) is 6.26 Å². The number of ether oxygens (including phenoxy) is 1. The quantitative estimate of drug-likeness (QED) is 0.760. The van der Waals surface area contributed by atoms with Crippen molar-refractivity contribution in [2.75, 3.05) is 4.90 Å². The van der Waals surface area contributed by atoms with Gasteiger partial charge in [-0.2, -0.15) is 0 Å². The predicted octanol–water partition coefficient (Wildman–Crippen LogP) is 3.46. The summed E-state index contributed by atoms with van der Waals surface area (Å²) < 4.78 is 5.60. The van der Waals surface area contributed by atoms with Gasteiger partial charge in [-0.1, -0.05) is 18.2 Å². The van der Waals surface area contributed by atoms with Crippen molar-refractivity contribution in [1.82, 2.24) is 4.98 Å². The van der Waals surface area contributed by atoms with Crippen LogP contribution in [0.3, 0.4) is 0 Å². The van der Waals surface area contributed by atoms with Gasteiger partial charge >= 0.3 is 0 Å². The van der Waals surface area contributed by atoms with Gasteiger partial charge in [0.1, 0.15) is 6.26 Å². The molecule has 0 radical (unpaired) electrons. The number of benzene rings is 1. The minimum atomic E-state index is 0.620. The SMILES string of the molecule is C1=CN(C2CCC2)c2c(cnc3ccccc23)O1. The lowest BCUT2D eigenvalue weighted by atomic mass is 9.91. The second-order valence-electron chi connectivity index (χ2n) is 4.88. The smallest absolute Gasteiger partial charge is 0.169 e. The van der Waals surface area contributed by atoms with Gasteiger partial charge in [0.2, 0.25) is 0 Å². The van der Waals surface area contributed by atoms with E-state index in [0.717, 1.165) is 11.3 Å². The van der Waals surface area contributed by atoms with Crippen LogP contribution >= 0.6 is 0 Å². The third-order valence-electron chi connectivity index (χ3n) is 3.86. The number of anilines is 1. The molecule has 3 heteroatoms. The molecule has 0 bridgehead atoms. The third-order valence-corrected chi connectivity index (χ3v) is 3.86. The first kappa shape index (κ1) is 9.95. The van der Waals surface area contributed by atoms with Gasteiger partial charge in [-0.3, -0.25) is 4.98 Å². The van der Waals surface area contributed by atoms with Crippen LogP contribution in [0.25, 0.3) is 10.9 Å². The van der Waals surface area contributed by atoms with Gasteiger partial charge in [-0.25, -0.2) is 0 Å². The zero-order chi connectivity index (χ0) is 11.9. The molecule has 2 aliphatic rings. The van der Waals surface area contributed by atoms with Crippen molar-refractivity contribution in [2.45, 2.75) is 25.3 Å². The molecular formula is C15H14N2O. The van der Waals surface area contributed by atoms with Crippen molar-refractivity contribution < 1.29 is 4.74 Å². The minimum absolute atomic E-state index is 0.620. The van der Waals surface area contributed by atoms with Crippen molar-refractivity contribution in [3.05, 3.63) is 42.9 Å². The van der Waals surface area contributed by atoms with E-state index < -0.39 is 0 Å². The Labute approximate surface area is 106 Å². The van der Waals surface area contributed by atoms with Crippen LogP contribution in [0, 0.1) is 0 Å².